The average molecular weight is 136 g/mol. The topological polar surface area (TPSA) is 17.1 Å². The summed E-state index contributed by atoms with van der Waals surface area (Å²) in [4.78, 5) is 10.6. The Bertz CT molecular complexity index is 183. The summed E-state index contributed by atoms with van der Waals surface area (Å²) in [6, 6.07) is 0. The van der Waals surface area contributed by atoms with Crippen molar-refractivity contribution in [2.45, 2.75) is 13.3 Å². The second-order valence-electron chi connectivity index (χ2n) is 3.52. The van der Waals surface area contributed by atoms with E-state index in [4.69, 9.17) is 0 Å². The number of hydrogen-bond donors (Lipinski definition) is 0. The van der Waals surface area contributed by atoms with E-state index < -0.39 is 0 Å². The lowest BCUT2D eigenvalue weighted by atomic mass is 9.86. The fourth-order valence-corrected chi connectivity index (χ4v) is 2.33. The standard InChI is InChI=1S/C9H12O/c1-6-7-2-3-8(4-7)9(6)5-10/h2-3,5-9H,4H2,1H3/t6?,7?,8?,9-/m1/s1. The number of hydrogen-bond acceptors (Lipinski definition) is 1. The summed E-state index contributed by atoms with van der Waals surface area (Å²) >= 11 is 0. The van der Waals surface area contributed by atoms with Crippen molar-refractivity contribution >= 4 is 6.29 Å². The van der Waals surface area contributed by atoms with Gasteiger partial charge in [0.2, 0.25) is 0 Å². The minimum absolute atomic E-state index is 0.329. The van der Waals surface area contributed by atoms with E-state index in [-0.39, 0.29) is 0 Å². The first-order valence-electron chi connectivity index (χ1n) is 3.96. The lowest BCUT2D eigenvalue weighted by Crippen LogP contribution is -2.17. The second kappa shape index (κ2) is 1.94. The molecule has 1 fully saturated rings. The molecule has 0 amide bonds. The van der Waals surface area contributed by atoms with Gasteiger partial charge in [0.1, 0.15) is 6.29 Å². The van der Waals surface area contributed by atoms with Crippen LogP contribution in [0.2, 0.25) is 0 Å². The maximum Gasteiger partial charge on any atom is 0.123 e. The van der Waals surface area contributed by atoms with Crippen molar-refractivity contribution in [3.8, 4) is 0 Å². The number of carbonyl (C=O) groups excluding carboxylic acids is 1. The Labute approximate surface area is 61.1 Å². The Morgan fingerprint density at radius 3 is 2.50 bits per heavy atom. The normalized spacial score (nSPS) is 50.1. The van der Waals surface area contributed by atoms with Crippen LogP contribution < -0.4 is 0 Å². The van der Waals surface area contributed by atoms with E-state index >= 15 is 0 Å². The molecule has 4 atom stereocenters. The van der Waals surface area contributed by atoms with Gasteiger partial charge in [-0.2, -0.15) is 0 Å². The zero-order valence-electron chi connectivity index (χ0n) is 6.16. The van der Waals surface area contributed by atoms with Gasteiger partial charge in [-0.1, -0.05) is 19.1 Å². The van der Waals surface area contributed by atoms with Crippen molar-refractivity contribution in [2.24, 2.45) is 23.7 Å². The summed E-state index contributed by atoms with van der Waals surface area (Å²) in [5.74, 6) is 2.22. The molecule has 0 saturated heterocycles. The molecule has 1 nitrogen and oxygen atoms in total. The zero-order chi connectivity index (χ0) is 7.14. The molecule has 0 aliphatic heterocycles. The minimum atomic E-state index is 0.329. The number of carbonyl (C=O) groups is 1. The molecule has 0 aromatic carbocycles. The lowest BCUT2D eigenvalue weighted by Gasteiger charge is -2.18. The first-order chi connectivity index (χ1) is 4.83. The number of allylic oxidation sites excluding steroid dienone is 2. The van der Waals surface area contributed by atoms with Crippen molar-refractivity contribution in [1.82, 2.24) is 0 Å². The van der Waals surface area contributed by atoms with E-state index in [2.05, 4.69) is 19.1 Å². The Hall–Kier alpha value is -0.590. The summed E-state index contributed by atoms with van der Waals surface area (Å²) in [6.07, 6.45) is 6.85. The van der Waals surface area contributed by atoms with Crippen LogP contribution in [0.4, 0.5) is 0 Å². The Kier molecular flexibility index (Phi) is 1.19. The highest BCUT2D eigenvalue weighted by atomic mass is 16.1. The molecule has 0 N–H and O–H groups in total. The predicted octanol–water partition coefficient (Wildman–Crippen LogP) is 1.64. The SMILES string of the molecule is CC1C2C=CC(C2)[C@@H]1C=O. The number of rotatable bonds is 1. The maximum atomic E-state index is 10.6. The molecule has 2 aliphatic rings. The first-order valence-corrected chi connectivity index (χ1v) is 3.96. The van der Waals surface area contributed by atoms with Crippen molar-refractivity contribution in [1.29, 1.82) is 0 Å². The lowest BCUT2D eigenvalue weighted by molar-refractivity contribution is -0.112. The van der Waals surface area contributed by atoms with E-state index in [0.717, 1.165) is 6.29 Å². The van der Waals surface area contributed by atoms with Crippen LogP contribution in [0, 0.1) is 23.7 Å². The monoisotopic (exact) mass is 136 g/mol. The van der Waals surface area contributed by atoms with E-state index in [1.54, 1.807) is 0 Å². The minimum Gasteiger partial charge on any atom is -0.303 e. The van der Waals surface area contributed by atoms with Crippen LogP contribution in [0.1, 0.15) is 13.3 Å². The van der Waals surface area contributed by atoms with Gasteiger partial charge in [-0.25, -0.2) is 0 Å². The fraction of sp³-hybridized carbons (Fsp3) is 0.667. The highest BCUT2D eigenvalue weighted by molar-refractivity contribution is 5.57. The summed E-state index contributed by atoms with van der Waals surface area (Å²) in [7, 11) is 0. The van der Waals surface area contributed by atoms with Crippen LogP contribution in [0.5, 0.6) is 0 Å². The molecule has 0 spiro atoms. The zero-order valence-corrected chi connectivity index (χ0v) is 6.16. The van der Waals surface area contributed by atoms with Gasteiger partial charge in [0.25, 0.3) is 0 Å². The molecule has 0 heterocycles. The molecular weight excluding hydrogens is 124 g/mol. The molecule has 0 radical (unpaired) electrons. The van der Waals surface area contributed by atoms with Crippen LogP contribution in [-0.4, -0.2) is 6.29 Å². The van der Waals surface area contributed by atoms with Gasteiger partial charge in [0, 0.05) is 5.92 Å². The largest absolute Gasteiger partial charge is 0.303 e. The van der Waals surface area contributed by atoms with E-state index in [1.807, 2.05) is 0 Å². The molecule has 0 aromatic heterocycles. The van der Waals surface area contributed by atoms with Gasteiger partial charge in [-0.15, -0.1) is 0 Å². The molecule has 2 aliphatic carbocycles. The molecule has 2 bridgehead atoms. The first kappa shape index (κ1) is 6.14. The van der Waals surface area contributed by atoms with E-state index in [0.29, 0.717) is 23.7 Å². The second-order valence-corrected chi connectivity index (χ2v) is 3.52. The molecule has 54 valence electrons. The quantitative estimate of drug-likeness (QED) is 0.395. The van der Waals surface area contributed by atoms with Crippen LogP contribution in [0.3, 0.4) is 0 Å². The molecule has 3 unspecified atom stereocenters. The van der Waals surface area contributed by atoms with Crippen LogP contribution in [-0.2, 0) is 4.79 Å². The van der Waals surface area contributed by atoms with Crippen molar-refractivity contribution in [3.63, 3.8) is 0 Å². The molecule has 2 rings (SSSR count). The third-order valence-corrected chi connectivity index (χ3v) is 3.08. The number of fused-ring (bicyclic) bond motifs is 2. The Balaban J connectivity index is 2.25. The van der Waals surface area contributed by atoms with Crippen LogP contribution >= 0.6 is 0 Å². The maximum absolute atomic E-state index is 10.6. The molecule has 1 heteroatoms. The predicted molar refractivity (Wildman–Crippen MR) is 39.5 cm³/mol. The van der Waals surface area contributed by atoms with Crippen molar-refractivity contribution < 1.29 is 4.79 Å². The van der Waals surface area contributed by atoms with Gasteiger partial charge in [-0.05, 0) is 24.2 Å². The third-order valence-electron chi connectivity index (χ3n) is 3.08. The van der Waals surface area contributed by atoms with Gasteiger partial charge >= 0.3 is 0 Å². The van der Waals surface area contributed by atoms with Gasteiger partial charge in [0.05, 0.1) is 0 Å². The van der Waals surface area contributed by atoms with Crippen LogP contribution in [0.15, 0.2) is 12.2 Å². The average Bonchev–Trinajstić information content (AvgIpc) is 2.46. The molecule has 1 saturated carbocycles. The summed E-state index contributed by atoms with van der Waals surface area (Å²) in [6.45, 7) is 2.19. The molecular formula is C9H12O. The highest BCUT2D eigenvalue weighted by Crippen LogP contribution is 2.46. The molecule has 0 aromatic rings. The molecule has 10 heavy (non-hydrogen) atoms. The summed E-state index contributed by atoms with van der Waals surface area (Å²) in [5, 5.41) is 0. The number of aldehydes is 1. The van der Waals surface area contributed by atoms with Crippen molar-refractivity contribution in [3.05, 3.63) is 12.2 Å². The van der Waals surface area contributed by atoms with Crippen molar-refractivity contribution in [2.75, 3.05) is 0 Å². The Morgan fingerprint density at radius 1 is 1.40 bits per heavy atom. The van der Waals surface area contributed by atoms with E-state index in [9.17, 15) is 4.79 Å². The highest BCUT2D eigenvalue weighted by Gasteiger charge is 2.41. The summed E-state index contributed by atoms with van der Waals surface area (Å²) < 4.78 is 0. The smallest absolute Gasteiger partial charge is 0.123 e. The Morgan fingerprint density at radius 2 is 2.10 bits per heavy atom. The van der Waals surface area contributed by atoms with Gasteiger partial charge in [0.15, 0.2) is 0 Å². The third kappa shape index (κ3) is 0.606. The summed E-state index contributed by atoms with van der Waals surface area (Å²) in [5.41, 5.74) is 0. The fourth-order valence-electron chi connectivity index (χ4n) is 2.33. The van der Waals surface area contributed by atoms with Crippen LogP contribution in [0.25, 0.3) is 0 Å². The van der Waals surface area contributed by atoms with Gasteiger partial charge in [-0.3, -0.25) is 0 Å². The van der Waals surface area contributed by atoms with Gasteiger partial charge < -0.3 is 4.79 Å². The van der Waals surface area contributed by atoms with E-state index in [1.165, 1.54) is 6.42 Å².